The number of pyridine rings is 1. The summed E-state index contributed by atoms with van der Waals surface area (Å²) in [6, 6.07) is 26.2. The Labute approximate surface area is 292 Å². The van der Waals surface area contributed by atoms with Gasteiger partial charge in [-0.15, -0.1) is 0 Å². The Morgan fingerprint density at radius 3 is 2.28 bits per heavy atom. The Morgan fingerprint density at radius 1 is 0.920 bits per heavy atom. The van der Waals surface area contributed by atoms with Crippen molar-refractivity contribution in [2.24, 2.45) is 5.41 Å². The number of hydrogen-bond acceptors (Lipinski definition) is 8. The van der Waals surface area contributed by atoms with Gasteiger partial charge in [-0.2, -0.15) is 0 Å². The number of rotatable bonds is 12. The molecule has 1 heterocycles. The summed E-state index contributed by atoms with van der Waals surface area (Å²) < 4.78 is 4.83. The molecule has 0 saturated carbocycles. The van der Waals surface area contributed by atoms with Crippen LogP contribution in [0.1, 0.15) is 49.1 Å². The molecule has 0 spiro atoms. The predicted octanol–water partition coefficient (Wildman–Crippen LogP) is 4.10. The predicted molar refractivity (Wildman–Crippen MR) is 189 cm³/mol. The number of carbonyl (C=O) groups is 3. The molecule has 5 rings (SSSR count). The molecule has 1 aliphatic rings. The number of fused-ring (bicyclic) bond motifs is 1. The number of alkyl carbamates (subject to hydrolysis) is 1. The van der Waals surface area contributed by atoms with Crippen LogP contribution in [0.4, 0.5) is 4.79 Å². The van der Waals surface area contributed by atoms with Crippen LogP contribution in [0.2, 0.25) is 0 Å². The first-order valence-corrected chi connectivity index (χ1v) is 16.6. The third-order valence-electron chi connectivity index (χ3n) is 8.93. The van der Waals surface area contributed by atoms with Crippen LogP contribution in [-0.2, 0) is 33.7 Å². The van der Waals surface area contributed by atoms with Gasteiger partial charge >= 0.3 is 6.09 Å². The van der Waals surface area contributed by atoms with E-state index in [2.05, 4.69) is 21.0 Å². The van der Waals surface area contributed by atoms with Gasteiger partial charge in [0.05, 0.1) is 32.3 Å². The minimum atomic E-state index is -2.06. The first-order valence-electron chi connectivity index (χ1n) is 16.6. The lowest BCUT2D eigenvalue weighted by atomic mass is 9.86. The summed E-state index contributed by atoms with van der Waals surface area (Å²) in [6.07, 6.45) is 2.13. The molecular weight excluding hydrogens is 634 g/mol. The van der Waals surface area contributed by atoms with Crippen molar-refractivity contribution in [1.82, 2.24) is 26.1 Å². The Bertz CT molecular complexity index is 1760. The molecule has 262 valence electrons. The highest BCUT2D eigenvalue weighted by atomic mass is 16.5. The van der Waals surface area contributed by atoms with Gasteiger partial charge in [0.1, 0.15) is 6.04 Å². The highest BCUT2D eigenvalue weighted by Gasteiger charge is 2.42. The number of nitrogens with one attached hydrogen (secondary N) is 3. The first-order chi connectivity index (χ1) is 23.9. The van der Waals surface area contributed by atoms with E-state index in [9.17, 15) is 24.6 Å². The van der Waals surface area contributed by atoms with Crippen LogP contribution < -0.4 is 16.1 Å². The maximum absolute atomic E-state index is 14.3. The number of hydrazine groups is 1. The van der Waals surface area contributed by atoms with E-state index in [1.165, 1.54) is 12.1 Å². The summed E-state index contributed by atoms with van der Waals surface area (Å²) in [5, 5.41) is 29.9. The van der Waals surface area contributed by atoms with E-state index < -0.39 is 47.1 Å². The minimum Gasteiger partial charge on any atom is -0.453 e. The highest BCUT2D eigenvalue weighted by molar-refractivity contribution is 5.87. The molecule has 0 unspecified atom stereocenters. The van der Waals surface area contributed by atoms with Gasteiger partial charge in [-0.25, -0.2) is 10.2 Å². The average molecular weight is 680 g/mol. The van der Waals surface area contributed by atoms with Crippen LogP contribution in [0.15, 0.2) is 103 Å². The fourth-order valence-corrected chi connectivity index (χ4v) is 6.12. The molecule has 0 bridgehead atoms. The van der Waals surface area contributed by atoms with Crippen LogP contribution in [-0.4, -0.2) is 69.5 Å². The quantitative estimate of drug-likeness (QED) is 0.140. The van der Waals surface area contributed by atoms with Crippen molar-refractivity contribution in [3.63, 3.8) is 0 Å². The van der Waals surface area contributed by atoms with E-state index in [0.717, 1.165) is 27.8 Å². The Balaban J connectivity index is 1.45. The van der Waals surface area contributed by atoms with Crippen molar-refractivity contribution in [1.29, 1.82) is 0 Å². The molecule has 1 aromatic heterocycles. The van der Waals surface area contributed by atoms with E-state index in [1.807, 2.05) is 99.6 Å². The maximum atomic E-state index is 14.3. The molecule has 11 heteroatoms. The lowest BCUT2D eigenvalue weighted by molar-refractivity contribution is -0.147. The summed E-state index contributed by atoms with van der Waals surface area (Å²) >= 11 is 0. The molecule has 4 atom stereocenters. The number of aliphatic hydroxyl groups excluding tert-OH is 1. The monoisotopic (exact) mass is 679 g/mol. The molecule has 0 fully saturated rings. The van der Waals surface area contributed by atoms with E-state index in [-0.39, 0.29) is 19.5 Å². The summed E-state index contributed by atoms with van der Waals surface area (Å²) in [7, 11) is 1.22. The smallest absolute Gasteiger partial charge is 0.407 e. The molecule has 4 aromatic rings. The van der Waals surface area contributed by atoms with Crippen LogP contribution >= 0.6 is 0 Å². The van der Waals surface area contributed by atoms with E-state index >= 15 is 0 Å². The van der Waals surface area contributed by atoms with Gasteiger partial charge < -0.3 is 25.6 Å². The normalized spacial score (nSPS) is 17.2. The van der Waals surface area contributed by atoms with Gasteiger partial charge in [-0.1, -0.05) is 106 Å². The number of nitrogens with zero attached hydrogens (tertiary/aromatic N) is 2. The van der Waals surface area contributed by atoms with Gasteiger partial charge in [0.15, 0.2) is 5.60 Å². The van der Waals surface area contributed by atoms with Crippen molar-refractivity contribution in [3.8, 4) is 11.1 Å². The second-order valence-corrected chi connectivity index (χ2v) is 13.7. The standard InChI is InChI=1S/C39H45N5O6/c1-38(2,3)34(43-37(48)50-4)35(46)44(24-27-16-18-28(19-17-27)30-14-10-20-40-23-30)41-25-39(49,22-26-11-6-5-7-12-26)36(47)42-33-31-15-9-8-13-29(31)21-32(33)45/h5-20,23,32-34,41,45,49H,21-22,24-25H2,1-4H3,(H,42,47)(H,43,48)/t32-,33+,34-,39+/m1/s1. The van der Waals surface area contributed by atoms with Gasteiger partial charge in [0.25, 0.3) is 11.8 Å². The average Bonchev–Trinajstić information content (AvgIpc) is 3.43. The maximum Gasteiger partial charge on any atom is 0.407 e. The fourth-order valence-electron chi connectivity index (χ4n) is 6.12. The summed E-state index contributed by atoms with van der Waals surface area (Å²) in [4.78, 5) is 44.9. The Kier molecular flexibility index (Phi) is 11.3. The third kappa shape index (κ3) is 8.73. The zero-order chi connectivity index (χ0) is 35.9. The zero-order valence-electron chi connectivity index (χ0n) is 28.8. The third-order valence-corrected chi connectivity index (χ3v) is 8.93. The van der Waals surface area contributed by atoms with Gasteiger partial charge in [-0.3, -0.25) is 19.6 Å². The topological polar surface area (TPSA) is 153 Å². The van der Waals surface area contributed by atoms with Crippen LogP contribution in [0.5, 0.6) is 0 Å². The molecule has 0 saturated heterocycles. The van der Waals surface area contributed by atoms with Crippen molar-refractivity contribution >= 4 is 17.9 Å². The van der Waals surface area contributed by atoms with Crippen LogP contribution in [0, 0.1) is 5.41 Å². The van der Waals surface area contributed by atoms with Gasteiger partial charge in [0.2, 0.25) is 0 Å². The fraction of sp³-hybridized carbons (Fsp3) is 0.333. The van der Waals surface area contributed by atoms with Crippen LogP contribution in [0.25, 0.3) is 11.1 Å². The number of carbonyl (C=O) groups excluding carboxylic acids is 3. The number of amides is 3. The van der Waals surface area contributed by atoms with Gasteiger partial charge in [-0.05, 0) is 44.9 Å². The highest BCUT2D eigenvalue weighted by Crippen LogP contribution is 2.32. The second-order valence-electron chi connectivity index (χ2n) is 13.7. The van der Waals surface area contributed by atoms with Crippen LogP contribution in [0.3, 0.4) is 0 Å². The number of aromatic nitrogens is 1. The number of methoxy groups -OCH3 is 1. The van der Waals surface area contributed by atoms with Crippen molar-refractivity contribution in [3.05, 3.63) is 126 Å². The number of aliphatic hydroxyl groups is 2. The van der Waals surface area contributed by atoms with Crippen molar-refractivity contribution in [2.75, 3.05) is 13.7 Å². The van der Waals surface area contributed by atoms with E-state index in [1.54, 1.807) is 24.5 Å². The van der Waals surface area contributed by atoms with Gasteiger partial charge in [0, 0.05) is 25.2 Å². The second kappa shape index (κ2) is 15.6. The Morgan fingerprint density at radius 2 is 1.62 bits per heavy atom. The number of benzene rings is 3. The molecule has 0 aliphatic heterocycles. The van der Waals surface area contributed by atoms with Crippen molar-refractivity contribution < 1.29 is 29.3 Å². The number of hydrogen-bond donors (Lipinski definition) is 5. The Hall–Kier alpha value is -5.10. The largest absolute Gasteiger partial charge is 0.453 e. The number of ether oxygens (including phenoxy) is 1. The zero-order valence-corrected chi connectivity index (χ0v) is 28.8. The molecule has 3 aromatic carbocycles. The lowest BCUT2D eigenvalue weighted by Gasteiger charge is -2.37. The van der Waals surface area contributed by atoms with E-state index in [0.29, 0.717) is 12.0 Å². The summed E-state index contributed by atoms with van der Waals surface area (Å²) in [6.45, 7) is 5.12. The molecular formula is C39H45N5O6. The van der Waals surface area contributed by atoms with Crippen molar-refractivity contribution in [2.45, 2.75) is 63.9 Å². The molecule has 0 radical (unpaired) electrons. The molecule has 1 aliphatic carbocycles. The molecule has 5 N–H and O–H groups in total. The summed E-state index contributed by atoms with van der Waals surface area (Å²) in [5.41, 5.74) is 5.31. The molecule has 3 amide bonds. The molecule has 11 nitrogen and oxygen atoms in total. The first kappa shape index (κ1) is 36.2. The SMILES string of the molecule is COC(=O)N[C@H](C(=O)N(Cc1ccc(-c2cccnc2)cc1)NC[C@@](O)(Cc1ccccc1)C(=O)N[C@H]1c2ccccc2C[C@H]1O)C(C)(C)C. The van der Waals surface area contributed by atoms with E-state index in [4.69, 9.17) is 4.74 Å². The lowest BCUT2D eigenvalue weighted by Crippen LogP contribution is -2.62. The molecule has 50 heavy (non-hydrogen) atoms. The summed E-state index contributed by atoms with van der Waals surface area (Å²) in [5.74, 6) is -1.20. The minimum absolute atomic E-state index is 0.0410.